The van der Waals surface area contributed by atoms with Gasteiger partial charge in [0.2, 0.25) is 5.69 Å². The van der Waals surface area contributed by atoms with E-state index in [-0.39, 0.29) is 0 Å². The number of esters is 1. The van der Waals surface area contributed by atoms with Crippen LogP contribution in [0.4, 0.5) is 5.69 Å². The standard InChI is InChI=1S/C20H18N2O2S2/c1-5-24-20(23)18-17(15(21-2)12-22(18)3)13-6-8-14(9-7-13)19-16(25-4)10-11-26-19/h6-12H,5H2,1,3-4H3. The van der Waals surface area contributed by atoms with Gasteiger partial charge in [-0.15, -0.1) is 23.1 Å². The fraction of sp³-hybridized carbons (Fsp3) is 0.200. The highest BCUT2D eigenvalue weighted by atomic mass is 32.2. The van der Waals surface area contributed by atoms with Crippen LogP contribution in [0, 0.1) is 6.57 Å². The zero-order chi connectivity index (χ0) is 18.7. The van der Waals surface area contributed by atoms with Gasteiger partial charge in [0.1, 0.15) is 5.69 Å². The summed E-state index contributed by atoms with van der Waals surface area (Å²) >= 11 is 3.43. The molecule has 3 rings (SSSR count). The predicted molar refractivity (Wildman–Crippen MR) is 108 cm³/mol. The molecule has 132 valence electrons. The van der Waals surface area contributed by atoms with Crippen molar-refractivity contribution in [2.45, 2.75) is 11.8 Å². The summed E-state index contributed by atoms with van der Waals surface area (Å²) in [7, 11) is 1.76. The van der Waals surface area contributed by atoms with Crippen molar-refractivity contribution in [1.82, 2.24) is 4.57 Å². The minimum Gasteiger partial charge on any atom is -0.461 e. The van der Waals surface area contributed by atoms with Crippen LogP contribution in [0.15, 0.2) is 46.8 Å². The van der Waals surface area contributed by atoms with Crippen molar-refractivity contribution in [2.24, 2.45) is 7.05 Å². The van der Waals surface area contributed by atoms with Crippen molar-refractivity contribution in [3.8, 4) is 21.6 Å². The number of carbonyl (C=O) groups excluding carboxylic acids is 1. The smallest absolute Gasteiger partial charge is 0.354 e. The lowest BCUT2D eigenvalue weighted by molar-refractivity contribution is 0.0516. The Hall–Kier alpha value is -2.49. The van der Waals surface area contributed by atoms with Crippen LogP contribution in [-0.2, 0) is 11.8 Å². The van der Waals surface area contributed by atoms with Crippen molar-refractivity contribution in [3.05, 3.63) is 59.0 Å². The minimum absolute atomic E-state index is 0.297. The van der Waals surface area contributed by atoms with Crippen LogP contribution in [0.25, 0.3) is 26.4 Å². The van der Waals surface area contributed by atoms with E-state index >= 15 is 0 Å². The fourth-order valence-corrected chi connectivity index (χ4v) is 4.67. The number of hydrogen-bond donors (Lipinski definition) is 0. The average Bonchev–Trinajstić information content (AvgIpc) is 3.25. The third-order valence-corrected chi connectivity index (χ3v) is 5.91. The number of rotatable bonds is 5. The number of hydrogen-bond acceptors (Lipinski definition) is 4. The lowest BCUT2D eigenvalue weighted by Crippen LogP contribution is -2.10. The largest absolute Gasteiger partial charge is 0.461 e. The number of ether oxygens (including phenoxy) is 1. The molecule has 0 atom stereocenters. The summed E-state index contributed by atoms with van der Waals surface area (Å²) in [5.74, 6) is -0.410. The molecule has 26 heavy (non-hydrogen) atoms. The molecule has 4 nitrogen and oxygen atoms in total. The maximum absolute atomic E-state index is 12.4. The van der Waals surface area contributed by atoms with Gasteiger partial charge in [0, 0.05) is 28.6 Å². The molecule has 1 aromatic carbocycles. The van der Waals surface area contributed by atoms with E-state index in [4.69, 9.17) is 11.3 Å². The number of carbonyl (C=O) groups is 1. The second-order valence-corrected chi connectivity index (χ2v) is 7.34. The highest BCUT2D eigenvalue weighted by molar-refractivity contribution is 7.98. The highest BCUT2D eigenvalue weighted by Gasteiger charge is 2.22. The van der Waals surface area contributed by atoms with Crippen LogP contribution in [0.3, 0.4) is 0 Å². The topological polar surface area (TPSA) is 35.6 Å². The van der Waals surface area contributed by atoms with E-state index in [1.807, 2.05) is 24.3 Å². The van der Waals surface area contributed by atoms with E-state index in [2.05, 4.69) is 22.5 Å². The monoisotopic (exact) mass is 382 g/mol. The van der Waals surface area contributed by atoms with Crippen molar-refractivity contribution >= 4 is 34.8 Å². The first-order valence-electron chi connectivity index (χ1n) is 8.06. The molecular formula is C20H18N2O2S2. The average molecular weight is 383 g/mol. The third kappa shape index (κ3) is 3.28. The van der Waals surface area contributed by atoms with Crippen LogP contribution in [0.5, 0.6) is 0 Å². The lowest BCUT2D eigenvalue weighted by atomic mass is 10.0. The van der Waals surface area contributed by atoms with E-state index < -0.39 is 5.97 Å². The number of thiophene rings is 1. The molecule has 0 saturated heterocycles. The van der Waals surface area contributed by atoms with Gasteiger partial charge in [0.25, 0.3) is 0 Å². The highest BCUT2D eigenvalue weighted by Crippen LogP contribution is 2.39. The Morgan fingerprint density at radius 2 is 1.96 bits per heavy atom. The molecule has 0 radical (unpaired) electrons. The van der Waals surface area contributed by atoms with Gasteiger partial charge < -0.3 is 9.30 Å². The van der Waals surface area contributed by atoms with Crippen molar-refractivity contribution in [2.75, 3.05) is 12.9 Å². The Balaban J connectivity index is 2.07. The molecule has 0 N–H and O–H groups in total. The SMILES string of the molecule is [C-]#[N+]c1cn(C)c(C(=O)OCC)c1-c1ccc(-c2sccc2SC)cc1. The summed E-state index contributed by atoms with van der Waals surface area (Å²) in [4.78, 5) is 18.4. The van der Waals surface area contributed by atoms with Crippen molar-refractivity contribution in [1.29, 1.82) is 0 Å². The molecule has 3 aromatic rings. The van der Waals surface area contributed by atoms with Gasteiger partial charge in [0.15, 0.2) is 0 Å². The number of benzene rings is 1. The summed E-state index contributed by atoms with van der Waals surface area (Å²) in [6, 6.07) is 10.1. The second kappa shape index (κ2) is 7.81. The molecule has 2 heterocycles. The molecule has 0 fully saturated rings. The number of nitrogens with zero attached hydrogens (tertiary/aromatic N) is 2. The van der Waals surface area contributed by atoms with Crippen LogP contribution in [0.1, 0.15) is 17.4 Å². The molecule has 2 aromatic heterocycles. The lowest BCUT2D eigenvalue weighted by Gasteiger charge is -2.09. The first-order valence-corrected chi connectivity index (χ1v) is 10.2. The van der Waals surface area contributed by atoms with Crippen molar-refractivity contribution in [3.63, 3.8) is 0 Å². The number of thioether (sulfide) groups is 1. The van der Waals surface area contributed by atoms with Gasteiger partial charge in [-0.2, -0.15) is 0 Å². The Morgan fingerprint density at radius 1 is 1.27 bits per heavy atom. The van der Waals surface area contributed by atoms with Gasteiger partial charge in [-0.3, -0.25) is 0 Å². The van der Waals surface area contributed by atoms with E-state index in [0.29, 0.717) is 23.6 Å². The minimum atomic E-state index is -0.410. The summed E-state index contributed by atoms with van der Waals surface area (Å²) in [5.41, 5.74) is 3.45. The molecule has 0 aliphatic heterocycles. The summed E-state index contributed by atoms with van der Waals surface area (Å²) < 4.78 is 6.84. The first kappa shape index (κ1) is 18.3. The second-order valence-electron chi connectivity index (χ2n) is 5.58. The molecule has 0 saturated carbocycles. The fourth-order valence-electron chi connectivity index (χ4n) is 2.88. The third-order valence-electron chi connectivity index (χ3n) is 4.04. The zero-order valence-corrected chi connectivity index (χ0v) is 16.4. The number of aromatic nitrogens is 1. The van der Waals surface area contributed by atoms with Gasteiger partial charge in [-0.1, -0.05) is 24.3 Å². The van der Waals surface area contributed by atoms with Gasteiger partial charge >= 0.3 is 5.97 Å². The van der Waals surface area contributed by atoms with Gasteiger partial charge in [0.05, 0.1) is 13.2 Å². The van der Waals surface area contributed by atoms with E-state index in [0.717, 1.165) is 11.1 Å². The molecule has 6 heteroatoms. The van der Waals surface area contributed by atoms with Gasteiger partial charge in [-0.25, -0.2) is 9.64 Å². The molecule has 0 unspecified atom stereocenters. The van der Waals surface area contributed by atoms with Crippen LogP contribution in [0.2, 0.25) is 0 Å². The Morgan fingerprint density at radius 3 is 2.58 bits per heavy atom. The Kier molecular flexibility index (Phi) is 5.50. The molecule has 0 aliphatic rings. The maximum Gasteiger partial charge on any atom is 0.354 e. The first-order chi connectivity index (χ1) is 12.6. The summed E-state index contributed by atoms with van der Waals surface area (Å²) in [6.07, 6.45) is 3.74. The number of aryl methyl sites for hydroxylation is 1. The molecule has 0 aliphatic carbocycles. The molecule has 0 spiro atoms. The Bertz CT molecular complexity index is 978. The van der Waals surface area contributed by atoms with Crippen LogP contribution < -0.4 is 0 Å². The van der Waals surface area contributed by atoms with Gasteiger partial charge in [-0.05, 0) is 35.8 Å². The summed E-state index contributed by atoms with van der Waals surface area (Å²) in [6.45, 7) is 9.52. The van der Waals surface area contributed by atoms with Crippen LogP contribution >= 0.6 is 23.1 Å². The zero-order valence-electron chi connectivity index (χ0n) is 14.8. The quantitative estimate of drug-likeness (QED) is 0.314. The maximum atomic E-state index is 12.4. The van der Waals surface area contributed by atoms with E-state index in [1.54, 1.807) is 47.8 Å². The molecule has 0 amide bonds. The van der Waals surface area contributed by atoms with Crippen LogP contribution in [-0.4, -0.2) is 23.4 Å². The van der Waals surface area contributed by atoms with Crippen molar-refractivity contribution < 1.29 is 9.53 Å². The molecule has 0 bridgehead atoms. The normalized spacial score (nSPS) is 10.5. The predicted octanol–water partition coefficient (Wildman–Crippen LogP) is 5.87. The Labute approximate surface area is 161 Å². The van der Waals surface area contributed by atoms with E-state index in [9.17, 15) is 4.79 Å². The van der Waals surface area contributed by atoms with E-state index in [1.165, 1.54) is 9.77 Å². The summed E-state index contributed by atoms with van der Waals surface area (Å²) in [5, 5.41) is 2.09. The molecular weight excluding hydrogens is 364 g/mol.